The average Bonchev–Trinajstić information content (AvgIpc) is 2.92. The molecule has 1 heterocycles. The van der Waals surface area contributed by atoms with Crippen LogP contribution in [0.5, 0.6) is 5.75 Å². The summed E-state index contributed by atoms with van der Waals surface area (Å²) in [4.78, 5) is 23.9. The SMILES string of the molecule is O=C(O)c1ccc2c(c1)[C@]1(CC[C@@H](Oc3cccc(F)c3F)CC1)C(=O)N2. The van der Waals surface area contributed by atoms with Crippen LogP contribution in [-0.4, -0.2) is 23.1 Å². The Bertz CT molecular complexity index is 936. The predicted octanol–water partition coefficient (Wildman–Crippen LogP) is 3.87. The van der Waals surface area contributed by atoms with E-state index < -0.39 is 23.0 Å². The van der Waals surface area contributed by atoms with Gasteiger partial charge in [-0.15, -0.1) is 0 Å². The van der Waals surface area contributed by atoms with Crippen LogP contribution in [0.25, 0.3) is 0 Å². The van der Waals surface area contributed by atoms with Crippen LogP contribution < -0.4 is 10.1 Å². The van der Waals surface area contributed by atoms with Crippen molar-refractivity contribution >= 4 is 17.6 Å². The Morgan fingerprint density at radius 2 is 1.93 bits per heavy atom. The molecule has 1 aliphatic heterocycles. The van der Waals surface area contributed by atoms with E-state index in [0.717, 1.165) is 6.07 Å². The summed E-state index contributed by atoms with van der Waals surface area (Å²) >= 11 is 0. The van der Waals surface area contributed by atoms with Gasteiger partial charge in [0.1, 0.15) is 0 Å². The first-order valence-corrected chi connectivity index (χ1v) is 8.71. The van der Waals surface area contributed by atoms with E-state index in [1.807, 2.05) is 0 Å². The smallest absolute Gasteiger partial charge is 0.335 e. The summed E-state index contributed by atoms with van der Waals surface area (Å²) in [7, 11) is 0. The molecule has 5 nitrogen and oxygen atoms in total. The highest BCUT2D eigenvalue weighted by Crippen LogP contribution is 2.48. The molecule has 2 aromatic rings. The number of carbonyl (C=O) groups is 2. The van der Waals surface area contributed by atoms with E-state index in [1.165, 1.54) is 18.2 Å². The summed E-state index contributed by atoms with van der Waals surface area (Å²) in [6.07, 6.45) is 1.49. The fourth-order valence-corrected chi connectivity index (χ4v) is 4.00. The number of ether oxygens (including phenoxy) is 1. The van der Waals surface area contributed by atoms with Gasteiger partial charge in [-0.2, -0.15) is 4.39 Å². The molecule has 0 saturated heterocycles. The summed E-state index contributed by atoms with van der Waals surface area (Å²) < 4.78 is 32.8. The van der Waals surface area contributed by atoms with E-state index in [1.54, 1.807) is 12.1 Å². The highest BCUT2D eigenvalue weighted by Gasteiger charge is 2.49. The normalized spacial score (nSPS) is 23.8. The molecule has 2 aliphatic rings. The van der Waals surface area contributed by atoms with Gasteiger partial charge in [0.2, 0.25) is 11.7 Å². The minimum Gasteiger partial charge on any atom is -0.487 e. The largest absolute Gasteiger partial charge is 0.487 e. The quantitative estimate of drug-likeness (QED) is 0.856. The number of carboxylic acid groups (broad SMARTS) is 1. The molecule has 27 heavy (non-hydrogen) atoms. The molecular weight excluding hydrogens is 356 g/mol. The number of anilines is 1. The third kappa shape index (κ3) is 2.83. The van der Waals surface area contributed by atoms with Gasteiger partial charge in [0.15, 0.2) is 11.6 Å². The van der Waals surface area contributed by atoms with Crippen LogP contribution in [0, 0.1) is 11.6 Å². The van der Waals surface area contributed by atoms with Crippen molar-refractivity contribution in [1.82, 2.24) is 0 Å². The van der Waals surface area contributed by atoms with Crippen molar-refractivity contribution in [3.63, 3.8) is 0 Å². The molecule has 0 atom stereocenters. The van der Waals surface area contributed by atoms with Gasteiger partial charge in [-0.1, -0.05) is 6.07 Å². The predicted molar refractivity (Wildman–Crippen MR) is 93.0 cm³/mol. The lowest BCUT2D eigenvalue weighted by Gasteiger charge is -2.35. The Labute approximate surface area is 154 Å². The third-order valence-corrected chi connectivity index (χ3v) is 5.46. The van der Waals surface area contributed by atoms with Crippen LogP contribution in [0.1, 0.15) is 41.6 Å². The first-order chi connectivity index (χ1) is 12.9. The van der Waals surface area contributed by atoms with E-state index in [0.29, 0.717) is 36.9 Å². The lowest BCUT2D eigenvalue weighted by Crippen LogP contribution is -2.41. The summed E-state index contributed by atoms with van der Waals surface area (Å²) in [6, 6.07) is 8.39. The standard InChI is InChI=1S/C20H17F2NO4/c21-14-2-1-3-16(17(14)22)27-12-6-8-20(9-7-12)13-10-11(18(24)25)4-5-15(13)23-19(20)26/h1-5,10,12H,6-9H2,(H,23,26)(H,24,25)/t12-,20-. The van der Waals surface area contributed by atoms with Gasteiger partial charge in [0.25, 0.3) is 0 Å². The van der Waals surface area contributed by atoms with Gasteiger partial charge >= 0.3 is 5.97 Å². The third-order valence-electron chi connectivity index (χ3n) is 5.46. The van der Waals surface area contributed by atoms with Crippen LogP contribution in [-0.2, 0) is 10.2 Å². The first kappa shape index (κ1) is 17.5. The molecule has 1 fully saturated rings. The van der Waals surface area contributed by atoms with Gasteiger partial charge < -0.3 is 15.2 Å². The van der Waals surface area contributed by atoms with Crippen molar-refractivity contribution in [2.45, 2.75) is 37.2 Å². The van der Waals surface area contributed by atoms with Crippen molar-refractivity contribution in [3.8, 4) is 5.75 Å². The zero-order chi connectivity index (χ0) is 19.2. The second kappa shape index (κ2) is 6.33. The van der Waals surface area contributed by atoms with Gasteiger partial charge in [0, 0.05) is 5.69 Å². The molecule has 0 bridgehead atoms. The van der Waals surface area contributed by atoms with E-state index in [9.17, 15) is 23.5 Å². The Hall–Kier alpha value is -2.96. The molecule has 1 amide bonds. The Balaban J connectivity index is 1.55. The number of amides is 1. The second-order valence-electron chi connectivity index (χ2n) is 6.97. The summed E-state index contributed by atoms with van der Waals surface area (Å²) in [5.74, 6) is -3.33. The molecule has 4 rings (SSSR count). The van der Waals surface area contributed by atoms with Crippen LogP contribution in [0.3, 0.4) is 0 Å². The second-order valence-corrected chi connectivity index (χ2v) is 6.97. The lowest BCUT2D eigenvalue weighted by molar-refractivity contribution is -0.122. The molecule has 0 aromatic heterocycles. The number of rotatable bonds is 3. The van der Waals surface area contributed by atoms with E-state index >= 15 is 0 Å². The number of benzene rings is 2. The minimum absolute atomic E-state index is 0.129. The number of fused-ring (bicyclic) bond motifs is 2. The summed E-state index contributed by atoms with van der Waals surface area (Å²) in [5, 5.41) is 12.1. The molecular formula is C20H17F2NO4. The van der Waals surface area contributed by atoms with E-state index in [2.05, 4.69) is 5.32 Å². The zero-order valence-corrected chi connectivity index (χ0v) is 14.3. The van der Waals surface area contributed by atoms with Gasteiger partial charge in [0.05, 0.1) is 17.1 Å². The van der Waals surface area contributed by atoms with Crippen LogP contribution >= 0.6 is 0 Å². The minimum atomic E-state index is -1.05. The monoisotopic (exact) mass is 373 g/mol. The molecule has 7 heteroatoms. The van der Waals surface area contributed by atoms with E-state index in [-0.39, 0.29) is 23.3 Å². The molecule has 140 valence electrons. The van der Waals surface area contributed by atoms with Crippen molar-refractivity contribution in [2.24, 2.45) is 0 Å². The van der Waals surface area contributed by atoms with Crippen LogP contribution in [0.15, 0.2) is 36.4 Å². The number of carboxylic acids is 1. The highest BCUT2D eigenvalue weighted by molar-refractivity contribution is 6.07. The summed E-state index contributed by atoms with van der Waals surface area (Å²) in [6.45, 7) is 0. The maximum atomic E-state index is 13.8. The van der Waals surface area contributed by atoms with Gasteiger partial charge in [-0.05, 0) is 61.6 Å². The average molecular weight is 373 g/mol. The van der Waals surface area contributed by atoms with Crippen molar-refractivity contribution in [1.29, 1.82) is 0 Å². The van der Waals surface area contributed by atoms with E-state index in [4.69, 9.17) is 4.74 Å². The molecule has 2 aromatic carbocycles. The number of aromatic carboxylic acids is 1. The first-order valence-electron chi connectivity index (χ1n) is 8.71. The van der Waals surface area contributed by atoms with Crippen LogP contribution in [0.4, 0.5) is 14.5 Å². The number of carbonyl (C=O) groups excluding carboxylic acids is 1. The molecule has 1 spiro atoms. The fraction of sp³-hybridized carbons (Fsp3) is 0.300. The maximum absolute atomic E-state index is 13.8. The number of halogens is 2. The van der Waals surface area contributed by atoms with Gasteiger partial charge in [-0.3, -0.25) is 4.79 Å². The Morgan fingerprint density at radius 3 is 2.63 bits per heavy atom. The number of nitrogens with one attached hydrogen (secondary N) is 1. The van der Waals surface area contributed by atoms with Crippen molar-refractivity contribution in [3.05, 3.63) is 59.2 Å². The molecule has 1 saturated carbocycles. The molecule has 0 unspecified atom stereocenters. The lowest BCUT2D eigenvalue weighted by atomic mass is 9.69. The fourth-order valence-electron chi connectivity index (χ4n) is 4.00. The Morgan fingerprint density at radius 1 is 1.19 bits per heavy atom. The number of hydrogen-bond donors (Lipinski definition) is 2. The molecule has 1 aliphatic carbocycles. The maximum Gasteiger partial charge on any atom is 0.335 e. The molecule has 2 N–H and O–H groups in total. The highest BCUT2D eigenvalue weighted by atomic mass is 19.2. The zero-order valence-electron chi connectivity index (χ0n) is 14.3. The molecule has 0 radical (unpaired) electrons. The van der Waals surface area contributed by atoms with Gasteiger partial charge in [-0.25, -0.2) is 9.18 Å². The van der Waals surface area contributed by atoms with Crippen molar-refractivity contribution < 1.29 is 28.2 Å². The Kier molecular flexibility index (Phi) is 4.09. The summed E-state index contributed by atoms with van der Waals surface area (Å²) in [5.41, 5.74) is 0.634. The topological polar surface area (TPSA) is 75.6 Å². The van der Waals surface area contributed by atoms with Crippen molar-refractivity contribution in [2.75, 3.05) is 5.32 Å². The number of hydrogen-bond acceptors (Lipinski definition) is 3. The van der Waals surface area contributed by atoms with Crippen LogP contribution in [0.2, 0.25) is 0 Å².